The van der Waals surface area contributed by atoms with E-state index < -0.39 is 0 Å². The van der Waals surface area contributed by atoms with Crippen LogP contribution >= 0.6 is 23.1 Å². The normalized spacial score (nSPS) is 11.8. The van der Waals surface area contributed by atoms with E-state index in [9.17, 15) is 4.79 Å². The molecule has 6 heteroatoms. The number of thioether (sulfide) groups is 1. The Balaban J connectivity index is 1.54. The molecule has 0 aliphatic rings. The van der Waals surface area contributed by atoms with Crippen LogP contribution in [-0.2, 0) is 11.3 Å². The van der Waals surface area contributed by atoms with E-state index in [-0.39, 0.29) is 11.2 Å². The molecule has 0 radical (unpaired) electrons. The highest BCUT2D eigenvalue weighted by Gasteiger charge is 2.16. The van der Waals surface area contributed by atoms with E-state index in [1.807, 2.05) is 36.6 Å². The van der Waals surface area contributed by atoms with Crippen LogP contribution in [0.2, 0.25) is 0 Å². The fourth-order valence-electron chi connectivity index (χ4n) is 2.45. The van der Waals surface area contributed by atoms with Crippen LogP contribution in [0.3, 0.4) is 0 Å². The minimum absolute atomic E-state index is 0.00269. The van der Waals surface area contributed by atoms with Gasteiger partial charge in [0.15, 0.2) is 4.34 Å². The zero-order valence-electron chi connectivity index (χ0n) is 15.6. The second-order valence-electron chi connectivity index (χ2n) is 6.19. The molecule has 0 bridgehead atoms. The molecule has 0 unspecified atom stereocenters. The molecule has 2 aromatic carbocycles. The molecular weight excluding hydrogens is 376 g/mol. The van der Waals surface area contributed by atoms with Crippen molar-refractivity contribution in [3.8, 4) is 17.0 Å². The van der Waals surface area contributed by atoms with Crippen LogP contribution in [0.5, 0.6) is 5.75 Å². The third-order valence-corrected chi connectivity index (χ3v) is 6.17. The molecule has 140 valence electrons. The lowest BCUT2D eigenvalue weighted by atomic mass is 10.1. The summed E-state index contributed by atoms with van der Waals surface area (Å²) in [5.41, 5.74) is 4.32. The molecule has 1 aromatic heterocycles. The number of aromatic nitrogens is 1. The van der Waals surface area contributed by atoms with Crippen molar-refractivity contribution in [3.63, 3.8) is 0 Å². The van der Waals surface area contributed by atoms with Crippen molar-refractivity contribution in [2.45, 2.75) is 30.0 Å². The van der Waals surface area contributed by atoms with E-state index in [1.54, 1.807) is 18.4 Å². The maximum Gasteiger partial charge on any atom is 0.233 e. The number of benzene rings is 2. The Labute approximate surface area is 168 Å². The lowest BCUT2D eigenvalue weighted by Gasteiger charge is -2.11. The molecule has 1 atom stereocenters. The zero-order chi connectivity index (χ0) is 19.2. The number of rotatable bonds is 7. The summed E-state index contributed by atoms with van der Waals surface area (Å²) >= 11 is 3.06. The van der Waals surface area contributed by atoms with Gasteiger partial charge in [0.05, 0.1) is 18.1 Å². The first-order chi connectivity index (χ1) is 13.0. The molecule has 4 nitrogen and oxygen atoms in total. The van der Waals surface area contributed by atoms with Crippen molar-refractivity contribution in [3.05, 3.63) is 65.0 Å². The number of carbonyl (C=O) groups excluding carboxylic acids is 1. The van der Waals surface area contributed by atoms with Crippen LogP contribution in [0, 0.1) is 6.92 Å². The third-order valence-electron chi connectivity index (χ3n) is 4.10. The number of nitrogens with one attached hydrogen (secondary N) is 1. The topological polar surface area (TPSA) is 51.2 Å². The van der Waals surface area contributed by atoms with E-state index in [0.717, 1.165) is 26.9 Å². The molecule has 0 saturated carbocycles. The molecule has 0 aliphatic heterocycles. The van der Waals surface area contributed by atoms with E-state index in [0.29, 0.717) is 6.54 Å². The minimum Gasteiger partial charge on any atom is -0.497 e. The summed E-state index contributed by atoms with van der Waals surface area (Å²) in [6.45, 7) is 4.47. The predicted octanol–water partition coefficient (Wildman–Crippen LogP) is 4.92. The molecule has 1 N–H and O–H groups in total. The van der Waals surface area contributed by atoms with Gasteiger partial charge in [-0.15, -0.1) is 11.3 Å². The van der Waals surface area contributed by atoms with Gasteiger partial charge in [0.2, 0.25) is 5.91 Å². The standard InChI is InChI=1S/C21H22N2O2S2/c1-14-4-8-17(9-5-14)19-13-26-21(23-19)27-15(2)20(24)22-12-16-6-10-18(25-3)11-7-16/h4-11,13,15H,12H2,1-3H3,(H,22,24)/t15-/m0/s1. The lowest BCUT2D eigenvalue weighted by Crippen LogP contribution is -2.30. The maximum absolute atomic E-state index is 12.4. The number of aryl methyl sites for hydroxylation is 1. The summed E-state index contributed by atoms with van der Waals surface area (Å²) < 4.78 is 6.04. The highest BCUT2D eigenvalue weighted by Crippen LogP contribution is 2.31. The van der Waals surface area contributed by atoms with Crippen LogP contribution < -0.4 is 10.1 Å². The Morgan fingerprint density at radius 2 is 1.89 bits per heavy atom. The van der Waals surface area contributed by atoms with Gasteiger partial charge < -0.3 is 10.1 Å². The number of ether oxygens (including phenoxy) is 1. The largest absolute Gasteiger partial charge is 0.497 e. The van der Waals surface area contributed by atoms with Gasteiger partial charge in [-0.2, -0.15) is 0 Å². The second kappa shape index (κ2) is 9.06. The highest BCUT2D eigenvalue weighted by atomic mass is 32.2. The quantitative estimate of drug-likeness (QED) is 0.574. The van der Waals surface area contributed by atoms with Gasteiger partial charge in [0.25, 0.3) is 0 Å². The van der Waals surface area contributed by atoms with Crippen LogP contribution in [0.15, 0.2) is 58.3 Å². The Hall–Kier alpha value is -2.31. The van der Waals surface area contributed by atoms with E-state index in [1.165, 1.54) is 17.3 Å². The van der Waals surface area contributed by atoms with Crippen molar-refractivity contribution in [1.82, 2.24) is 10.3 Å². The first-order valence-electron chi connectivity index (χ1n) is 8.65. The molecular formula is C21H22N2O2S2. The summed E-state index contributed by atoms with van der Waals surface area (Å²) in [6.07, 6.45) is 0. The third kappa shape index (κ3) is 5.34. The van der Waals surface area contributed by atoms with Crippen molar-refractivity contribution >= 4 is 29.0 Å². The van der Waals surface area contributed by atoms with E-state index >= 15 is 0 Å². The Kier molecular flexibility index (Phi) is 6.53. The summed E-state index contributed by atoms with van der Waals surface area (Å²) in [6, 6.07) is 16.0. The first kappa shape index (κ1) is 19.5. The molecule has 0 aliphatic carbocycles. The number of hydrogen-bond donors (Lipinski definition) is 1. The van der Waals surface area contributed by atoms with Crippen LogP contribution in [0.1, 0.15) is 18.1 Å². The number of methoxy groups -OCH3 is 1. The molecule has 1 heterocycles. The van der Waals surface area contributed by atoms with Crippen molar-refractivity contribution in [2.75, 3.05) is 7.11 Å². The molecule has 0 fully saturated rings. The average molecular weight is 399 g/mol. The van der Waals surface area contributed by atoms with Crippen molar-refractivity contribution < 1.29 is 9.53 Å². The Bertz CT molecular complexity index is 889. The van der Waals surface area contributed by atoms with Gasteiger partial charge in [-0.3, -0.25) is 4.79 Å². The monoisotopic (exact) mass is 398 g/mol. The zero-order valence-corrected chi connectivity index (χ0v) is 17.2. The summed E-state index contributed by atoms with van der Waals surface area (Å²) in [5, 5.41) is 4.81. The van der Waals surface area contributed by atoms with Gasteiger partial charge >= 0.3 is 0 Å². The van der Waals surface area contributed by atoms with Gasteiger partial charge in [-0.25, -0.2) is 4.98 Å². The van der Waals surface area contributed by atoms with Gasteiger partial charge in [-0.1, -0.05) is 53.7 Å². The fraction of sp³-hybridized carbons (Fsp3) is 0.238. The Morgan fingerprint density at radius 3 is 2.56 bits per heavy atom. The van der Waals surface area contributed by atoms with Gasteiger partial charge in [0.1, 0.15) is 5.75 Å². The van der Waals surface area contributed by atoms with E-state index in [2.05, 4.69) is 41.5 Å². The minimum atomic E-state index is -0.208. The maximum atomic E-state index is 12.4. The molecule has 0 saturated heterocycles. The summed E-state index contributed by atoms with van der Waals surface area (Å²) in [4.78, 5) is 17.0. The van der Waals surface area contributed by atoms with Crippen molar-refractivity contribution in [2.24, 2.45) is 0 Å². The second-order valence-corrected chi connectivity index (χ2v) is 8.64. The molecule has 27 heavy (non-hydrogen) atoms. The lowest BCUT2D eigenvalue weighted by molar-refractivity contribution is -0.120. The SMILES string of the molecule is COc1ccc(CNC(=O)[C@H](C)Sc2nc(-c3ccc(C)cc3)cs2)cc1. The van der Waals surface area contributed by atoms with Crippen LogP contribution in [-0.4, -0.2) is 23.3 Å². The summed E-state index contributed by atoms with van der Waals surface area (Å²) in [7, 11) is 1.64. The van der Waals surface area contributed by atoms with Crippen LogP contribution in [0.25, 0.3) is 11.3 Å². The van der Waals surface area contributed by atoms with Gasteiger partial charge in [-0.05, 0) is 31.5 Å². The number of hydrogen-bond acceptors (Lipinski definition) is 5. The average Bonchev–Trinajstić information content (AvgIpc) is 3.15. The molecule has 1 amide bonds. The number of thiazole rings is 1. The highest BCUT2D eigenvalue weighted by molar-refractivity contribution is 8.02. The number of nitrogens with zero attached hydrogens (tertiary/aromatic N) is 1. The Morgan fingerprint density at radius 1 is 1.19 bits per heavy atom. The van der Waals surface area contributed by atoms with E-state index in [4.69, 9.17) is 4.74 Å². The smallest absolute Gasteiger partial charge is 0.233 e. The number of carbonyl (C=O) groups is 1. The summed E-state index contributed by atoms with van der Waals surface area (Å²) in [5.74, 6) is 0.810. The first-order valence-corrected chi connectivity index (χ1v) is 10.4. The molecule has 3 aromatic rings. The van der Waals surface area contributed by atoms with Crippen molar-refractivity contribution in [1.29, 1.82) is 0 Å². The predicted molar refractivity (Wildman–Crippen MR) is 112 cm³/mol. The molecule has 0 spiro atoms. The molecule has 3 rings (SSSR count). The number of amides is 1. The fourth-order valence-corrected chi connectivity index (χ4v) is 4.45. The van der Waals surface area contributed by atoms with Crippen LogP contribution in [0.4, 0.5) is 0 Å². The van der Waals surface area contributed by atoms with Gasteiger partial charge in [0, 0.05) is 17.5 Å².